The molecular weight excluding hydrogens is 285 g/mol. The summed E-state index contributed by atoms with van der Waals surface area (Å²) in [5.74, 6) is -0.501. The zero-order valence-corrected chi connectivity index (χ0v) is 12.6. The van der Waals surface area contributed by atoms with Gasteiger partial charge in [-0.25, -0.2) is 4.39 Å². The lowest BCUT2D eigenvalue weighted by Gasteiger charge is -2.21. The smallest absolute Gasteiger partial charge is 0.231 e. The molecule has 0 bridgehead atoms. The number of carbonyl (C=O) groups is 2. The highest BCUT2D eigenvalue weighted by molar-refractivity contribution is 5.77. The van der Waals surface area contributed by atoms with Gasteiger partial charge in [0.05, 0.1) is 6.54 Å². The number of hydrogen-bond donors (Lipinski definition) is 1. The highest BCUT2D eigenvalue weighted by Gasteiger charge is 2.19. The predicted molar refractivity (Wildman–Crippen MR) is 81.6 cm³/mol. The van der Waals surface area contributed by atoms with Crippen LogP contribution in [-0.4, -0.2) is 54.3 Å². The topological polar surface area (TPSA) is 66.6 Å². The van der Waals surface area contributed by atoms with Crippen molar-refractivity contribution in [2.75, 3.05) is 32.7 Å². The Morgan fingerprint density at radius 3 is 2.50 bits per heavy atom. The highest BCUT2D eigenvalue weighted by Crippen LogP contribution is 2.09. The number of amides is 2. The molecule has 22 heavy (non-hydrogen) atoms. The Morgan fingerprint density at radius 2 is 1.82 bits per heavy atom. The lowest BCUT2D eigenvalue weighted by Crippen LogP contribution is -2.38. The fourth-order valence-corrected chi connectivity index (χ4v) is 2.66. The summed E-state index contributed by atoms with van der Waals surface area (Å²) in [4.78, 5) is 27.0. The Bertz CT molecular complexity index is 519. The van der Waals surface area contributed by atoms with Crippen molar-refractivity contribution < 1.29 is 14.0 Å². The first-order valence-corrected chi connectivity index (χ1v) is 7.57. The molecule has 1 fully saturated rings. The number of aryl methyl sites for hydroxylation is 1. The average molecular weight is 307 g/mol. The van der Waals surface area contributed by atoms with Crippen LogP contribution in [0.1, 0.15) is 18.4 Å². The van der Waals surface area contributed by atoms with Crippen LogP contribution in [0.3, 0.4) is 0 Å². The Hall–Kier alpha value is -1.95. The van der Waals surface area contributed by atoms with Crippen molar-refractivity contribution in [3.63, 3.8) is 0 Å². The molecule has 2 N–H and O–H groups in total. The van der Waals surface area contributed by atoms with Crippen molar-refractivity contribution in [3.8, 4) is 0 Å². The molecule has 2 amide bonds. The molecule has 1 aliphatic heterocycles. The van der Waals surface area contributed by atoms with Gasteiger partial charge in [0.25, 0.3) is 0 Å². The van der Waals surface area contributed by atoms with Crippen LogP contribution in [0.15, 0.2) is 24.3 Å². The van der Waals surface area contributed by atoms with Gasteiger partial charge in [-0.3, -0.25) is 14.5 Å². The SMILES string of the molecule is NC(=O)CN1CCCN(C(=O)CCc2ccc(F)cc2)CC1. The minimum Gasteiger partial charge on any atom is -0.369 e. The largest absolute Gasteiger partial charge is 0.369 e. The molecule has 6 heteroatoms. The molecule has 0 spiro atoms. The third kappa shape index (κ3) is 5.11. The Kier molecular flexibility index (Phi) is 5.89. The van der Waals surface area contributed by atoms with E-state index in [-0.39, 0.29) is 24.2 Å². The standard InChI is InChI=1S/C16H22FN3O2/c17-14-5-2-13(3-6-14)4-7-16(22)20-9-1-8-19(10-11-20)12-15(18)21/h2-3,5-6H,1,4,7-12H2,(H2,18,21). The quantitative estimate of drug-likeness (QED) is 0.874. The number of hydrogen-bond acceptors (Lipinski definition) is 3. The summed E-state index contributed by atoms with van der Waals surface area (Å²) in [6, 6.07) is 6.24. The van der Waals surface area contributed by atoms with E-state index in [1.54, 1.807) is 12.1 Å². The zero-order valence-electron chi connectivity index (χ0n) is 12.6. The molecule has 1 aromatic carbocycles. The molecule has 0 unspecified atom stereocenters. The van der Waals surface area contributed by atoms with Crippen LogP contribution in [0.5, 0.6) is 0 Å². The number of nitrogens with two attached hydrogens (primary N) is 1. The van der Waals surface area contributed by atoms with Crippen molar-refractivity contribution in [2.24, 2.45) is 5.73 Å². The number of nitrogens with zero attached hydrogens (tertiary/aromatic N) is 2. The van der Waals surface area contributed by atoms with E-state index in [0.717, 1.165) is 18.5 Å². The van der Waals surface area contributed by atoms with Crippen molar-refractivity contribution >= 4 is 11.8 Å². The second-order valence-electron chi connectivity index (χ2n) is 5.60. The average Bonchev–Trinajstić information content (AvgIpc) is 2.71. The fourth-order valence-electron chi connectivity index (χ4n) is 2.66. The van der Waals surface area contributed by atoms with E-state index in [1.165, 1.54) is 12.1 Å². The third-order valence-electron chi connectivity index (χ3n) is 3.86. The first kappa shape index (κ1) is 16.4. The Labute approximate surface area is 129 Å². The Balaban J connectivity index is 1.79. The summed E-state index contributed by atoms with van der Waals surface area (Å²) in [6.45, 7) is 3.03. The zero-order chi connectivity index (χ0) is 15.9. The van der Waals surface area contributed by atoms with E-state index in [2.05, 4.69) is 0 Å². The number of halogens is 1. The van der Waals surface area contributed by atoms with Gasteiger partial charge in [-0.15, -0.1) is 0 Å². The van der Waals surface area contributed by atoms with Crippen molar-refractivity contribution in [2.45, 2.75) is 19.3 Å². The van der Waals surface area contributed by atoms with Crippen LogP contribution in [-0.2, 0) is 16.0 Å². The summed E-state index contributed by atoms with van der Waals surface area (Å²) < 4.78 is 12.8. The molecule has 0 radical (unpaired) electrons. The van der Waals surface area contributed by atoms with Gasteiger partial charge in [-0.1, -0.05) is 12.1 Å². The molecule has 1 saturated heterocycles. The maximum absolute atomic E-state index is 12.8. The van der Waals surface area contributed by atoms with Gasteiger partial charge in [0.15, 0.2) is 0 Å². The van der Waals surface area contributed by atoms with E-state index in [9.17, 15) is 14.0 Å². The molecule has 1 aliphatic rings. The van der Waals surface area contributed by atoms with Crippen LogP contribution < -0.4 is 5.73 Å². The molecule has 0 aliphatic carbocycles. The van der Waals surface area contributed by atoms with Gasteiger partial charge in [-0.05, 0) is 30.5 Å². The maximum Gasteiger partial charge on any atom is 0.231 e. The summed E-state index contributed by atoms with van der Waals surface area (Å²) in [5, 5.41) is 0. The van der Waals surface area contributed by atoms with Gasteiger partial charge in [-0.2, -0.15) is 0 Å². The number of benzene rings is 1. The van der Waals surface area contributed by atoms with E-state index in [0.29, 0.717) is 32.5 Å². The number of primary amides is 1. The van der Waals surface area contributed by atoms with Crippen LogP contribution >= 0.6 is 0 Å². The van der Waals surface area contributed by atoms with Gasteiger partial charge >= 0.3 is 0 Å². The highest BCUT2D eigenvalue weighted by atomic mass is 19.1. The van der Waals surface area contributed by atoms with E-state index in [4.69, 9.17) is 5.73 Å². The molecule has 5 nitrogen and oxygen atoms in total. The van der Waals surface area contributed by atoms with Crippen LogP contribution in [0, 0.1) is 5.82 Å². The maximum atomic E-state index is 12.8. The van der Waals surface area contributed by atoms with Crippen molar-refractivity contribution in [1.29, 1.82) is 0 Å². The van der Waals surface area contributed by atoms with Gasteiger partial charge in [0, 0.05) is 32.6 Å². The van der Waals surface area contributed by atoms with E-state index >= 15 is 0 Å². The van der Waals surface area contributed by atoms with E-state index < -0.39 is 0 Å². The lowest BCUT2D eigenvalue weighted by molar-refractivity contribution is -0.131. The van der Waals surface area contributed by atoms with Crippen molar-refractivity contribution in [3.05, 3.63) is 35.6 Å². The molecule has 0 saturated carbocycles. The normalized spacial score (nSPS) is 16.3. The van der Waals surface area contributed by atoms with Gasteiger partial charge in [0.2, 0.25) is 11.8 Å². The molecule has 1 aromatic rings. The molecular formula is C16H22FN3O2. The second-order valence-corrected chi connectivity index (χ2v) is 5.60. The summed E-state index contributed by atoms with van der Waals surface area (Å²) >= 11 is 0. The van der Waals surface area contributed by atoms with Gasteiger partial charge < -0.3 is 10.6 Å². The fraction of sp³-hybridized carbons (Fsp3) is 0.500. The van der Waals surface area contributed by atoms with E-state index in [1.807, 2.05) is 9.80 Å². The lowest BCUT2D eigenvalue weighted by atomic mass is 10.1. The van der Waals surface area contributed by atoms with Crippen LogP contribution in [0.2, 0.25) is 0 Å². The summed E-state index contributed by atoms with van der Waals surface area (Å²) in [7, 11) is 0. The number of carbonyl (C=O) groups excluding carboxylic acids is 2. The monoisotopic (exact) mass is 307 g/mol. The minimum absolute atomic E-state index is 0.102. The second kappa shape index (κ2) is 7.89. The first-order valence-electron chi connectivity index (χ1n) is 7.57. The summed E-state index contributed by atoms with van der Waals surface area (Å²) in [5.41, 5.74) is 6.16. The summed E-state index contributed by atoms with van der Waals surface area (Å²) in [6.07, 6.45) is 1.87. The van der Waals surface area contributed by atoms with Crippen LogP contribution in [0.25, 0.3) is 0 Å². The molecule has 2 rings (SSSR count). The molecule has 120 valence electrons. The minimum atomic E-state index is -0.337. The number of rotatable bonds is 5. The Morgan fingerprint density at radius 1 is 1.09 bits per heavy atom. The third-order valence-corrected chi connectivity index (χ3v) is 3.86. The predicted octanol–water partition coefficient (Wildman–Crippen LogP) is 0.778. The molecule has 0 atom stereocenters. The molecule has 0 aromatic heterocycles. The first-order chi connectivity index (χ1) is 10.5. The van der Waals surface area contributed by atoms with Crippen molar-refractivity contribution in [1.82, 2.24) is 9.80 Å². The molecule has 1 heterocycles. The van der Waals surface area contributed by atoms with Gasteiger partial charge in [0.1, 0.15) is 5.82 Å². The van der Waals surface area contributed by atoms with Crippen LogP contribution in [0.4, 0.5) is 4.39 Å².